The SMILES string of the molecule is CC(C)(CC(C)(CC(C)(C)C(=O)OC1(C)C2CC3CC(C2)CC1C3)C(=O)OC1CCC(=O)O1)C(=O)Oc1ccc2cc(O)ccc2c1. The fourth-order valence-electron chi connectivity index (χ4n) is 9.29. The smallest absolute Gasteiger partial charge is 0.316 e. The predicted octanol–water partition coefficient (Wildman–Crippen LogP) is 7.25. The van der Waals surface area contributed by atoms with E-state index in [0.29, 0.717) is 17.6 Å². The van der Waals surface area contributed by atoms with Crippen molar-refractivity contribution in [2.24, 2.45) is 39.9 Å². The lowest BCUT2D eigenvalue weighted by Crippen LogP contribution is -2.59. The van der Waals surface area contributed by atoms with Crippen LogP contribution in [-0.4, -0.2) is 40.9 Å². The van der Waals surface area contributed by atoms with Crippen molar-refractivity contribution in [1.29, 1.82) is 0 Å². The molecular weight excluding hydrogens is 600 g/mol. The largest absolute Gasteiger partial charge is 0.508 e. The van der Waals surface area contributed by atoms with Crippen LogP contribution in [0, 0.1) is 39.9 Å². The molecule has 2 atom stereocenters. The number of hydrogen-bond acceptors (Lipinski definition) is 9. The first-order chi connectivity index (χ1) is 22.0. The van der Waals surface area contributed by atoms with Gasteiger partial charge in [-0.25, -0.2) is 0 Å². The predicted molar refractivity (Wildman–Crippen MR) is 173 cm³/mol. The summed E-state index contributed by atoms with van der Waals surface area (Å²) in [5.74, 6) is 0.622. The van der Waals surface area contributed by atoms with Crippen molar-refractivity contribution in [3.8, 4) is 11.5 Å². The van der Waals surface area contributed by atoms with E-state index in [9.17, 15) is 24.3 Å². The lowest BCUT2D eigenvalue weighted by molar-refractivity contribution is -0.213. The number of cyclic esters (lactones) is 1. The van der Waals surface area contributed by atoms with Gasteiger partial charge in [0.25, 0.3) is 0 Å². The van der Waals surface area contributed by atoms with Gasteiger partial charge in [-0.3, -0.25) is 19.2 Å². The van der Waals surface area contributed by atoms with E-state index >= 15 is 0 Å². The molecular formula is C38H48O9. The molecule has 0 radical (unpaired) electrons. The van der Waals surface area contributed by atoms with Gasteiger partial charge < -0.3 is 24.1 Å². The molecule has 5 aliphatic rings. The molecule has 0 aromatic heterocycles. The van der Waals surface area contributed by atoms with E-state index < -0.39 is 46.0 Å². The molecule has 1 aliphatic heterocycles. The molecule has 7 rings (SSSR count). The Kier molecular flexibility index (Phi) is 8.37. The number of esters is 4. The van der Waals surface area contributed by atoms with E-state index in [1.54, 1.807) is 71.0 Å². The monoisotopic (exact) mass is 648 g/mol. The number of carbonyl (C=O) groups excluding carboxylic acids is 4. The summed E-state index contributed by atoms with van der Waals surface area (Å²) in [6, 6.07) is 10.1. The minimum absolute atomic E-state index is 0.00236. The number of fused-ring (bicyclic) bond motifs is 1. The van der Waals surface area contributed by atoms with Crippen LogP contribution in [0.4, 0.5) is 0 Å². The Morgan fingerprint density at radius 3 is 2.00 bits per heavy atom. The van der Waals surface area contributed by atoms with Crippen molar-refractivity contribution in [1.82, 2.24) is 0 Å². The standard InChI is InChI=1S/C38H48O9/c1-35(2,32(41)44-29-10-8-24-18-28(39)9-7-25(24)19-29)20-37(5,34(43)46-31-12-11-30(40)45-31)21-36(3,4)33(42)47-38(6)26-14-22-13-23(16-26)17-27(38)15-22/h7-10,18-19,22-23,26-27,31,39H,11-17,20-21H2,1-6H3. The van der Waals surface area contributed by atoms with Crippen molar-refractivity contribution < 1.29 is 43.2 Å². The molecule has 9 heteroatoms. The Morgan fingerprint density at radius 2 is 1.40 bits per heavy atom. The Balaban J connectivity index is 1.21. The van der Waals surface area contributed by atoms with Crippen LogP contribution >= 0.6 is 0 Å². The average Bonchev–Trinajstić information content (AvgIpc) is 3.39. The molecule has 47 heavy (non-hydrogen) atoms. The van der Waals surface area contributed by atoms with Crippen molar-refractivity contribution in [3.63, 3.8) is 0 Å². The third-order valence-electron chi connectivity index (χ3n) is 11.4. The van der Waals surface area contributed by atoms with Gasteiger partial charge in [-0.05, 0) is 145 Å². The van der Waals surface area contributed by atoms with E-state index in [1.807, 2.05) is 0 Å². The number of ether oxygens (including phenoxy) is 4. The minimum atomic E-state index is -1.34. The van der Waals surface area contributed by atoms with E-state index in [4.69, 9.17) is 18.9 Å². The zero-order valence-corrected chi connectivity index (χ0v) is 28.4. The molecule has 1 saturated heterocycles. The first-order valence-electron chi connectivity index (χ1n) is 17.0. The fraction of sp³-hybridized carbons (Fsp3) is 0.632. The quantitative estimate of drug-likeness (QED) is 0.209. The number of phenolic OH excluding ortho intramolecular Hbond substituents is 1. The number of aromatic hydroxyl groups is 1. The molecule has 4 saturated carbocycles. The number of rotatable bonds is 10. The van der Waals surface area contributed by atoms with Crippen LogP contribution < -0.4 is 4.74 Å². The summed E-state index contributed by atoms with van der Waals surface area (Å²) < 4.78 is 23.2. The van der Waals surface area contributed by atoms with Gasteiger partial charge >= 0.3 is 23.9 Å². The van der Waals surface area contributed by atoms with Gasteiger partial charge in [-0.2, -0.15) is 0 Å². The minimum Gasteiger partial charge on any atom is -0.508 e. The van der Waals surface area contributed by atoms with E-state index in [1.165, 1.54) is 6.42 Å². The zero-order chi connectivity index (χ0) is 33.9. The van der Waals surface area contributed by atoms with Gasteiger partial charge in [0.2, 0.25) is 6.29 Å². The summed E-state index contributed by atoms with van der Waals surface area (Å²) in [5, 5.41) is 11.4. The van der Waals surface area contributed by atoms with Crippen LogP contribution in [0.2, 0.25) is 0 Å². The van der Waals surface area contributed by atoms with Crippen LogP contribution in [0.25, 0.3) is 10.8 Å². The Bertz CT molecular complexity index is 1560. The molecule has 2 unspecified atom stereocenters. The zero-order valence-electron chi connectivity index (χ0n) is 28.4. The molecule has 4 aliphatic carbocycles. The van der Waals surface area contributed by atoms with Crippen molar-refractivity contribution in [2.45, 2.75) is 111 Å². The third-order valence-corrected chi connectivity index (χ3v) is 11.4. The molecule has 0 spiro atoms. The number of benzene rings is 2. The highest BCUT2D eigenvalue weighted by Crippen LogP contribution is 2.60. The highest BCUT2D eigenvalue weighted by molar-refractivity contribution is 5.87. The molecule has 2 aromatic carbocycles. The molecule has 4 bridgehead atoms. The topological polar surface area (TPSA) is 125 Å². The molecule has 1 heterocycles. The molecule has 0 amide bonds. The molecule has 254 valence electrons. The summed E-state index contributed by atoms with van der Waals surface area (Å²) in [6.45, 7) is 10.8. The number of hydrogen-bond donors (Lipinski definition) is 1. The summed E-state index contributed by atoms with van der Waals surface area (Å²) in [7, 11) is 0. The number of phenols is 1. The van der Waals surface area contributed by atoms with Crippen LogP contribution in [-0.2, 0) is 33.4 Å². The number of carbonyl (C=O) groups is 4. The van der Waals surface area contributed by atoms with Crippen molar-refractivity contribution >= 4 is 34.6 Å². The van der Waals surface area contributed by atoms with Gasteiger partial charge in [0.15, 0.2) is 0 Å². The summed E-state index contributed by atoms with van der Waals surface area (Å²) in [6.07, 6.45) is 5.11. The maximum absolute atomic E-state index is 14.1. The second kappa shape index (κ2) is 11.8. The van der Waals surface area contributed by atoms with Gasteiger partial charge in [0.1, 0.15) is 17.1 Å². The van der Waals surface area contributed by atoms with Gasteiger partial charge in [-0.1, -0.05) is 12.1 Å². The van der Waals surface area contributed by atoms with Gasteiger partial charge in [-0.15, -0.1) is 0 Å². The second-order valence-electron chi connectivity index (χ2n) is 16.5. The van der Waals surface area contributed by atoms with Crippen LogP contribution in [0.5, 0.6) is 11.5 Å². The molecule has 5 fully saturated rings. The lowest BCUT2D eigenvalue weighted by Gasteiger charge is -2.59. The highest BCUT2D eigenvalue weighted by atomic mass is 16.7. The molecule has 9 nitrogen and oxygen atoms in total. The van der Waals surface area contributed by atoms with Crippen LogP contribution in [0.15, 0.2) is 36.4 Å². The maximum atomic E-state index is 14.1. The Hall–Kier alpha value is -3.62. The van der Waals surface area contributed by atoms with Crippen molar-refractivity contribution in [3.05, 3.63) is 36.4 Å². The fourth-order valence-corrected chi connectivity index (χ4v) is 9.29. The van der Waals surface area contributed by atoms with E-state index in [2.05, 4.69) is 6.92 Å². The van der Waals surface area contributed by atoms with E-state index in [-0.39, 0.29) is 37.4 Å². The maximum Gasteiger partial charge on any atom is 0.316 e. The Labute approximate surface area is 276 Å². The summed E-state index contributed by atoms with van der Waals surface area (Å²) in [5.41, 5.74) is -4.15. The van der Waals surface area contributed by atoms with E-state index in [0.717, 1.165) is 48.3 Å². The second-order valence-corrected chi connectivity index (χ2v) is 16.5. The van der Waals surface area contributed by atoms with Crippen molar-refractivity contribution in [2.75, 3.05) is 0 Å². The van der Waals surface area contributed by atoms with Gasteiger partial charge in [0.05, 0.1) is 22.7 Å². The third kappa shape index (κ3) is 6.59. The van der Waals surface area contributed by atoms with Crippen LogP contribution in [0.3, 0.4) is 0 Å². The first kappa shape index (κ1) is 33.3. The lowest BCUT2D eigenvalue weighted by atomic mass is 9.50. The summed E-state index contributed by atoms with van der Waals surface area (Å²) in [4.78, 5) is 53.5. The normalized spacial score (nSPS) is 29.7. The van der Waals surface area contributed by atoms with Crippen LogP contribution in [0.1, 0.15) is 99.3 Å². The molecule has 1 N–H and O–H groups in total. The van der Waals surface area contributed by atoms with Gasteiger partial charge in [0, 0.05) is 6.42 Å². The summed E-state index contributed by atoms with van der Waals surface area (Å²) >= 11 is 0. The Morgan fingerprint density at radius 1 is 0.830 bits per heavy atom. The molecule has 2 aromatic rings. The average molecular weight is 649 g/mol. The highest BCUT2D eigenvalue weighted by Gasteiger charge is 2.58. The first-order valence-corrected chi connectivity index (χ1v) is 17.0.